The number of carbonyl (C=O) groups is 1. The number of likely N-dealkylation sites (tertiary alicyclic amines) is 1. The normalized spacial score (nSPS) is 39.5. The fraction of sp³-hybridized carbons (Fsp3) is 0.958. The molecule has 1 amide bonds. The number of carbonyl (C=O) groups excluding carboxylic acids is 1. The molecule has 2 aliphatic heterocycles. The van der Waals surface area contributed by atoms with Crippen LogP contribution in [0.3, 0.4) is 0 Å². The Balaban J connectivity index is 1.14. The van der Waals surface area contributed by atoms with Crippen LogP contribution in [-0.4, -0.2) is 75.7 Å². The average Bonchev–Trinajstić information content (AvgIpc) is 3.28. The maximum Gasteiger partial charge on any atom is 0.226 e. The second-order valence-corrected chi connectivity index (χ2v) is 10.3. The van der Waals surface area contributed by atoms with Gasteiger partial charge in [-0.3, -0.25) is 20.7 Å². The van der Waals surface area contributed by atoms with E-state index in [1.54, 1.807) is 7.11 Å². The number of hydrogen-bond acceptors (Lipinski definition) is 6. The van der Waals surface area contributed by atoms with Gasteiger partial charge in [0.1, 0.15) is 6.29 Å². The van der Waals surface area contributed by atoms with Crippen LogP contribution in [0.5, 0.6) is 0 Å². The smallest absolute Gasteiger partial charge is 0.226 e. The summed E-state index contributed by atoms with van der Waals surface area (Å²) in [5.41, 5.74) is 0. The van der Waals surface area contributed by atoms with Crippen LogP contribution in [0.1, 0.15) is 64.2 Å². The molecule has 0 aromatic carbocycles. The molecule has 4 fully saturated rings. The van der Waals surface area contributed by atoms with Gasteiger partial charge < -0.3 is 14.4 Å². The van der Waals surface area contributed by atoms with Gasteiger partial charge in [0.25, 0.3) is 0 Å². The summed E-state index contributed by atoms with van der Waals surface area (Å²) in [7, 11) is 3.58. The number of nitrogens with zero attached hydrogens (tertiary/aromatic N) is 1. The Morgan fingerprint density at radius 3 is 2.29 bits per heavy atom. The van der Waals surface area contributed by atoms with Gasteiger partial charge in [0.15, 0.2) is 0 Å². The molecule has 3 N–H and O–H groups in total. The Morgan fingerprint density at radius 2 is 1.65 bits per heavy atom. The highest BCUT2D eigenvalue weighted by Crippen LogP contribution is 2.32. The van der Waals surface area contributed by atoms with Crippen molar-refractivity contribution in [2.75, 3.05) is 40.5 Å². The fourth-order valence-electron chi connectivity index (χ4n) is 6.40. The van der Waals surface area contributed by atoms with E-state index in [9.17, 15) is 4.79 Å². The summed E-state index contributed by atoms with van der Waals surface area (Å²) in [6.07, 6.45) is 12.1. The lowest BCUT2D eigenvalue weighted by Gasteiger charge is -2.40. The third kappa shape index (κ3) is 5.99. The Morgan fingerprint density at radius 1 is 0.935 bits per heavy atom. The maximum absolute atomic E-state index is 13.0. The van der Waals surface area contributed by atoms with E-state index < -0.39 is 0 Å². The van der Waals surface area contributed by atoms with Gasteiger partial charge in [0, 0.05) is 45.8 Å². The molecule has 2 saturated carbocycles. The number of methoxy groups -OCH3 is 2. The lowest BCUT2D eigenvalue weighted by Crippen LogP contribution is -2.63. The minimum absolute atomic E-state index is 0.202. The van der Waals surface area contributed by atoms with Crippen molar-refractivity contribution >= 4 is 5.91 Å². The van der Waals surface area contributed by atoms with E-state index in [-0.39, 0.29) is 12.2 Å². The molecule has 0 aromatic heterocycles. The van der Waals surface area contributed by atoms with Crippen LogP contribution in [0, 0.1) is 17.8 Å². The molecule has 31 heavy (non-hydrogen) atoms. The fourth-order valence-corrected chi connectivity index (χ4v) is 6.40. The molecular formula is C24H44N4O3. The van der Waals surface area contributed by atoms with Crippen molar-refractivity contribution in [1.29, 1.82) is 0 Å². The first kappa shape index (κ1) is 23.4. The molecule has 4 rings (SSSR count). The molecule has 2 saturated heterocycles. The molecule has 0 aromatic rings. The molecule has 2 heterocycles. The highest BCUT2D eigenvalue weighted by atomic mass is 16.5. The van der Waals surface area contributed by atoms with Crippen molar-refractivity contribution in [3.05, 3.63) is 0 Å². The second kappa shape index (κ2) is 11.4. The second-order valence-electron chi connectivity index (χ2n) is 10.3. The summed E-state index contributed by atoms with van der Waals surface area (Å²) < 4.78 is 10.9. The summed E-state index contributed by atoms with van der Waals surface area (Å²) >= 11 is 0. The molecule has 1 atom stereocenters. The zero-order chi connectivity index (χ0) is 21.6. The first-order valence-corrected chi connectivity index (χ1v) is 12.7. The summed E-state index contributed by atoms with van der Waals surface area (Å²) in [5.74, 6) is 2.12. The molecule has 7 heteroatoms. The molecule has 0 unspecified atom stereocenters. The topological polar surface area (TPSA) is 74.9 Å². The SMILES string of the molecule is COC[C@H]1CCCN1C(=O)C1CCC(NC2NCC(C3CCC(OC)CC3)CN2)CC1. The van der Waals surface area contributed by atoms with Gasteiger partial charge in [-0.05, 0) is 76.0 Å². The summed E-state index contributed by atoms with van der Waals surface area (Å²) in [6, 6.07) is 0.789. The van der Waals surface area contributed by atoms with E-state index in [2.05, 4.69) is 20.9 Å². The highest BCUT2D eigenvalue weighted by molar-refractivity contribution is 5.79. The van der Waals surface area contributed by atoms with Crippen molar-refractivity contribution in [3.8, 4) is 0 Å². The monoisotopic (exact) mass is 436 g/mol. The molecule has 0 radical (unpaired) electrons. The Hall–Kier alpha value is -0.730. The molecule has 178 valence electrons. The molecular weight excluding hydrogens is 392 g/mol. The first-order valence-electron chi connectivity index (χ1n) is 12.7. The number of ether oxygens (including phenoxy) is 2. The molecule has 0 bridgehead atoms. The van der Waals surface area contributed by atoms with E-state index in [0.29, 0.717) is 30.7 Å². The van der Waals surface area contributed by atoms with Crippen LogP contribution in [-0.2, 0) is 14.3 Å². The Bertz CT molecular complexity index is 553. The maximum atomic E-state index is 13.0. The van der Waals surface area contributed by atoms with Crippen molar-refractivity contribution in [3.63, 3.8) is 0 Å². The highest BCUT2D eigenvalue weighted by Gasteiger charge is 2.36. The van der Waals surface area contributed by atoms with Gasteiger partial charge in [-0.15, -0.1) is 0 Å². The average molecular weight is 437 g/mol. The van der Waals surface area contributed by atoms with Gasteiger partial charge in [-0.2, -0.15) is 0 Å². The zero-order valence-electron chi connectivity index (χ0n) is 19.6. The zero-order valence-corrected chi connectivity index (χ0v) is 19.6. The van der Waals surface area contributed by atoms with E-state index in [1.165, 1.54) is 25.7 Å². The minimum Gasteiger partial charge on any atom is -0.383 e. The third-order valence-corrected chi connectivity index (χ3v) is 8.39. The predicted octanol–water partition coefficient (Wildman–Crippen LogP) is 2.07. The first-order chi connectivity index (χ1) is 15.2. The summed E-state index contributed by atoms with van der Waals surface area (Å²) in [6.45, 7) is 3.78. The van der Waals surface area contributed by atoms with Crippen LogP contribution in [0.25, 0.3) is 0 Å². The third-order valence-electron chi connectivity index (χ3n) is 8.39. The Labute approximate surface area is 188 Å². The number of rotatable bonds is 7. The largest absolute Gasteiger partial charge is 0.383 e. The van der Waals surface area contributed by atoms with Gasteiger partial charge in [0.05, 0.1) is 18.8 Å². The van der Waals surface area contributed by atoms with Crippen LogP contribution in [0.4, 0.5) is 0 Å². The van der Waals surface area contributed by atoms with E-state index in [0.717, 1.165) is 70.0 Å². The number of nitrogens with one attached hydrogen (secondary N) is 3. The van der Waals surface area contributed by atoms with Crippen LogP contribution >= 0.6 is 0 Å². The number of amides is 1. The molecule has 0 spiro atoms. The van der Waals surface area contributed by atoms with Gasteiger partial charge in [-0.25, -0.2) is 0 Å². The van der Waals surface area contributed by atoms with E-state index >= 15 is 0 Å². The summed E-state index contributed by atoms with van der Waals surface area (Å²) in [4.78, 5) is 15.1. The van der Waals surface area contributed by atoms with Crippen molar-refractivity contribution in [2.24, 2.45) is 17.8 Å². The van der Waals surface area contributed by atoms with E-state index in [4.69, 9.17) is 9.47 Å². The molecule has 2 aliphatic carbocycles. The van der Waals surface area contributed by atoms with E-state index in [1.807, 2.05) is 7.11 Å². The minimum atomic E-state index is 0.202. The van der Waals surface area contributed by atoms with Crippen molar-refractivity contribution < 1.29 is 14.3 Å². The summed E-state index contributed by atoms with van der Waals surface area (Å²) in [5, 5.41) is 11.2. The lowest BCUT2D eigenvalue weighted by atomic mass is 9.78. The van der Waals surface area contributed by atoms with Crippen LogP contribution < -0.4 is 16.0 Å². The van der Waals surface area contributed by atoms with Crippen LogP contribution in [0.2, 0.25) is 0 Å². The standard InChI is InChI=1S/C24H44N4O3/c1-30-16-21-4-3-13-28(21)23(29)18-5-9-20(10-6-18)27-24-25-14-19(15-26-24)17-7-11-22(31-2)12-8-17/h17-22,24-27H,3-16H2,1-2H3/t17?,18?,19?,20?,21-,22?,24?/m1/s1. The Kier molecular flexibility index (Phi) is 8.63. The predicted molar refractivity (Wildman–Crippen MR) is 122 cm³/mol. The van der Waals surface area contributed by atoms with Gasteiger partial charge in [0.2, 0.25) is 5.91 Å². The van der Waals surface area contributed by atoms with Gasteiger partial charge >= 0.3 is 0 Å². The molecule has 7 nitrogen and oxygen atoms in total. The molecule has 4 aliphatic rings. The quantitative estimate of drug-likeness (QED) is 0.567. The number of hydrogen-bond donors (Lipinski definition) is 3. The van der Waals surface area contributed by atoms with Crippen LogP contribution in [0.15, 0.2) is 0 Å². The van der Waals surface area contributed by atoms with Crippen molar-refractivity contribution in [1.82, 2.24) is 20.9 Å². The lowest BCUT2D eigenvalue weighted by molar-refractivity contribution is -0.138. The van der Waals surface area contributed by atoms with Gasteiger partial charge in [-0.1, -0.05) is 0 Å². The van der Waals surface area contributed by atoms with Crippen molar-refractivity contribution in [2.45, 2.75) is 88.7 Å².